The number of H-pyrrole nitrogens is 1. The second kappa shape index (κ2) is 9.06. The van der Waals surface area contributed by atoms with Gasteiger partial charge in [-0.25, -0.2) is 9.37 Å². The maximum absolute atomic E-state index is 14.7. The van der Waals surface area contributed by atoms with Crippen LogP contribution >= 0.6 is 11.6 Å². The summed E-state index contributed by atoms with van der Waals surface area (Å²) in [5.41, 5.74) is 3.63. The van der Waals surface area contributed by atoms with E-state index < -0.39 is 6.04 Å². The summed E-state index contributed by atoms with van der Waals surface area (Å²) in [7, 11) is 0. The quantitative estimate of drug-likeness (QED) is 0.469. The summed E-state index contributed by atoms with van der Waals surface area (Å²) in [5.74, 6) is -0.537. The smallest absolute Gasteiger partial charge is 0.268 e. The number of carbonyl (C=O) groups is 1. The number of aryl methyl sites for hydroxylation is 1. The van der Waals surface area contributed by atoms with Gasteiger partial charge in [-0.05, 0) is 49.1 Å². The van der Waals surface area contributed by atoms with Gasteiger partial charge in [0.05, 0.1) is 11.1 Å². The molecule has 1 aliphatic carbocycles. The minimum Gasteiger partial charge on any atom is -0.372 e. The molecule has 1 saturated carbocycles. The van der Waals surface area contributed by atoms with Crippen LogP contribution in [0.1, 0.15) is 53.7 Å². The van der Waals surface area contributed by atoms with Gasteiger partial charge in [0, 0.05) is 42.2 Å². The molecule has 1 saturated heterocycles. The highest BCUT2D eigenvalue weighted by atomic mass is 35.5. The second-order valence-corrected chi connectivity index (χ2v) is 10.4. The molecule has 1 unspecified atom stereocenters. The third kappa shape index (κ3) is 4.56. The largest absolute Gasteiger partial charge is 0.372 e. The molecule has 1 aromatic carbocycles. The average Bonchev–Trinajstić information content (AvgIpc) is 3.22. The lowest BCUT2D eigenvalue weighted by molar-refractivity contribution is -0.00827. The van der Waals surface area contributed by atoms with Gasteiger partial charge in [0.25, 0.3) is 5.91 Å². The Kier molecular flexibility index (Phi) is 6.11. The van der Waals surface area contributed by atoms with E-state index in [9.17, 15) is 9.18 Å². The predicted molar refractivity (Wildman–Crippen MR) is 133 cm³/mol. The number of hydrogen-bond donors (Lipinski definition) is 2. The molecule has 34 heavy (non-hydrogen) atoms. The zero-order valence-corrected chi connectivity index (χ0v) is 20.2. The fourth-order valence-electron chi connectivity index (χ4n) is 5.44. The van der Waals surface area contributed by atoms with Crippen LogP contribution in [0.3, 0.4) is 0 Å². The molecule has 3 aromatic rings. The Labute approximate surface area is 204 Å². The van der Waals surface area contributed by atoms with Gasteiger partial charge in [-0.15, -0.1) is 0 Å². The van der Waals surface area contributed by atoms with E-state index in [1.54, 1.807) is 18.2 Å². The zero-order valence-electron chi connectivity index (χ0n) is 19.5. The average molecular weight is 481 g/mol. The molecule has 0 radical (unpaired) electrons. The first-order valence-corrected chi connectivity index (χ1v) is 12.3. The highest BCUT2D eigenvalue weighted by Gasteiger charge is 2.44. The van der Waals surface area contributed by atoms with E-state index in [4.69, 9.17) is 11.6 Å². The predicted octanol–water partition coefficient (Wildman–Crippen LogP) is 5.78. The van der Waals surface area contributed by atoms with E-state index in [-0.39, 0.29) is 11.7 Å². The minimum absolute atomic E-state index is 0.260. The maximum Gasteiger partial charge on any atom is 0.268 e. The number of nitrogens with one attached hydrogen (secondary N) is 2. The fourth-order valence-corrected chi connectivity index (χ4v) is 5.61. The Morgan fingerprint density at radius 1 is 1.26 bits per heavy atom. The standard InChI is InChI=1S/C27H30ClFN4O/c1-17-6-7-19(22(29)10-17)12-23(18(2)33-15-27(16-33)8-4-3-5-9-27)32-26(34)24-13-20-11-21(28)14-30-25(20)31-24/h6-7,10-11,13-14,23H,2-5,8-9,12,15-16H2,1H3,(H,30,31)(H,32,34). The number of carbonyl (C=O) groups excluding carboxylic acids is 1. The highest BCUT2D eigenvalue weighted by molar-refractivity contribution is 6.31. The van der Waals surface area contributed by atoms with Crippen molar-refractivity contribution >= 4 is 28.5 Å². The van der Waals surface area contributed by atoms with Crippen LogP contribution < -0.4 is 5.32 Å². The molecule has 7 heteroatoms. The molecular formula is C27H30ClFN4O. The molecule has 1 aliphatic heterocycles. The van der Waals surface area contributed by atoms with Crippen molar-refractivity contribution in [2.24, 2.45) is 5.41 Å². The van der Waals surface area contributed by atoms with Gasteiger partial charge in [0.2, 0.25) is 0 Å². The van der Waals surface area contributed by atoms with Gasteiger partial charge in [0.15, 0.2) is 0 Å². The third-order valence-corrected chi connectivity index (χ3v) is 7.60. The Bertz CT molecular complexity index is 1240. The van der Waals surface area contributed by atoms with Gasteiger partial charge in [-0.3, -0.25) is 4.79 Å². The number of rotatable bonds is 6. The summed E-state index contributed by atoms with van der Waals surface area (Å²) in [5, 5.41) is 4.37. The number of pyridine rings is 1. The van der Waals surface area contributed by atoms with Crippen molar-refractivity contribution in [3.63, 3.8) is 0 Å². The first-order chi connectivity index (χ1) is 16.3. The van der Waals surface area contributed by atoms with Crippen LogP contribution in [0.4, 0.5) is 4.39 Å². The number of fused-ring (bicyclic) bond motifs is 1. The van der Waals surface area contributed by atoms with Crippen LogP contribution in [0.2, 0.25) is 5.02 Å². The van der Waals surface area contributed by atoms with Crippen LogP contribution in [0, 0.1) is 18.2 Å². The number of amides is 1. The van der Waals surface area contributed by atoms with Crippen LogP contribution in [-0.2, 0) is 6.42 Å². The van der Waals surface area contributed by atoms with Crippen LogP contribution in [0.25, 0.3) is 11.0 Å². The fraction of sp³-hybridized carbons (Fsp3) is 0.407. The normalized spacial score (nSPS) is 18.0. The van der Waals surface area contributed by atoms with Crippen LogP contribution in [0.15, 0.2) is 48.8 Å². The van der Waals surface area contributed by atoms with E-state index in [0.29, 0.717) is 33.8 Å². The van der Waals surface area contributed by atoms with Crippen molar-refractivity contribution < 1.29 is 9.18 Å². The number of likely N-dealkylation sites (tertiary alicyclic amines) is 1. The van der Waals surface area contributed by atoms with Crippen molar-refractivity contribution in [3.05, 3.63) is 76.5 Å². The van der Waals surface area contributed by atoms with Crippen molar-refractivity contribution in [1.82, 2.24) is 20.2 Å². The molecule has 2 fully saturated rings. The zero-order chi connectivity index (χ0) is 23.9. The number of halogens is 2. The maximum atomic E-state index is 14.7. The highest BCUT2D eigenvalue weighted by Crippen LogP contribution is 2.45. The first kappa shape index (κ1) is 22.9. The van der Waals surface area contributed by atoms with E-state index >= 15 is 0 Å². The Hall–Kier alpha value is -2.86. The summed E-state index contributed by atoms with van der Waals surface area (Å²) in [6.07, 6.45) is 8.28. The molecule has 2 N–H and O–H groups in total. The molecule has 1 spiro atoms. The SMILES string of the molecule is C=C(C(Cc1ccc(C)cc1F)NC(=O)c1cc2cc(Cl)cnc2[nH]1)N1CC2(CCCCC2)C1. The molecule has 2 aliphatic rings. The number of aromatic nitrogens is 2. The van der Waals surface area contributed by atoms with E-state index in [1.807, 2.05) is 13.0 Å². The van der Waals surface area contributed by atoms with Crippen molar-refractivity contribution in [2.75, 3.05) is 13.1 Å². The van der Waals surface area contributed by atoms with Crippen LogP contribution in [-0.4, -0.2) is 39.9 Å². The number of nitrogens with zero attached hydrogens (tertiary/aromatic N) is 2. The summed E-state index contributed by atoms with van der Waals surface area (Å²) in [4.78, 5) is 22.8. The van der Waals surface area contributed by atoms with E-state index in [0.717, 1.165) is 29.7 Å². The van der Waals surface area contributed by atoms with Crippen molar-refractivity contribution in [1.29, 1.82) is 0 Å². The summed E-state index contributed by atoms with van der Waals surface area (Å²) >= 11 is 6.04. The van der Waals surface area contributed by atoms with Gasteiger partial charge in [0.1, 0.15) is 17.2 Å². The van der Waals surface area contributed by atoms with E-state index in [2.05, 4.69) is 26.8 Å². The molecule has 3 heterocycles. The Balaban J connectivity index is 1.36. The molecule has 1 atom stereocenters. The number of hydrogen-bond acceptors (Lipinski definition) is 3. The second-order valence-electron chi connectivity index (χ2n) is 10.0. The summed E-state index contributed by atoms with van der Waals surface area (Å²) in [6.45, 7) is 8.14. The van der Waals surface area contributed by atoms with Gasteiger partial charge < -0.3 is 15.2 Å². The topological polar surface area (TPSA) is 61.0 Å². The molecule has 0 bridgehead atoms. The van der Waals surface area contributed by atoms with Gasteiger partial charge in [-0.1, -0.05) is 49.6 Å². The summed E-state index contributed by atoms with van der Waals surface area (Å²) < 4.78 is 14.7. The summed E-state index contributed by atoms with van der Waals surface area (Å²) in [6, 6.07) is 8.30. The first-order valence-electron chi connectivity index (χ1n) is 12.0. The third-order valence-electron chi connectivity index (χ3n) is 7.39. The molecule has 5 nitrogen and oxygen atoms in total. The number of benzene rings is 1. The molecule has 178 valence electrons. The van der Waals surface area contributed by atoms with Gasteiger partial charge >= 0.3 is 0 Å². The molecular weight excluding hydrogens is 451 g/mol. The Morgan fingerprint density at radius 2 is 2.03 bits per heavy atom. The lowest BCUT2D eigenvalue weighted by atomic mass is 9.68. The lowest BCUT2D eigenvalue weighted by Gasteiger charge is -2.55. The molecule has 1 amide bonds. The monoisotopic (exact) mass is 480 g/mol. The van der Waals surface area contributed by atoms with E-state index in [1.165, 1.54) is 44.4 Å². The van der Waals surface area contributed by atoms with Gasteiger partial charge in [-0.2, -0.15) is 0 Å². The molecule has 2 aromatic heterocycles. The lowest BCUT2D eigenvalue weighted by Crippen LogP contribution is -2.59. The Morgan fingerprint density at radius 3 is 2.76 bits per heavy atom. The molecule has 5 rings (SSSR count). The van der Waals surface area contributed by atoms with Crippen molar-refractivity contribution in [2.45, 2.75) is 51.5 Å². The minimum atomic E-state index is -0.423. The van der Waals surface area contributed by atoms with Crippen LogP contribution in [0.5, 0.6) is 0 Å². The van der Waals surface area contributed by atoms with Crippen molar-refractivity contribution in [3.8, 4) is 0 Å². The number of aromatic amines is 1.